The first-order valence-electron chi connectivity index (χ1n) is 14.7. The van der Waals surface area contributed by atoms with E-state index in [1.807, 2.05) is 37.3 Å². The molecule has 0 saturated carbocycles. The summed E-state index contributed by atoms with van der Waals surface area (Å²) in [7, 11) is 4.22. The molecule has 206 valence electrons. The van der Waals surface area contributed by atoms with Crippen LogP contribution in [0.4, 0.5) is 0 Å². The third-order valence-electron chi connectivity index (χ3n) is 7.21. The second-order valence-electron chi connectivity index (χ2n) is 11.0. The van der Waals surface area contributed by atoms with Gasteiger partial charge in [-0.25, -0.2) is 4.79 Å². The molecule has 0 bridgehead atoms. The topological polar surface area (TPSA) is 35.5 Å². The van der Waals surface area contributed by atoms with Crippen molar-refractivity contribution in [1.29, 1.82) is 0 Å². The van der Waals surface area contributed by atoms with Gasteiger partial charge in [0.1, 0.15) is 12.3 Å². The first-order chi connectivity index (χ1) is 17.9. The van der Waals surface area contributed by atoms with Gasteiger partial charge in [-0.1, -0.05) is 114 Å². The van der Waals surface area contributed by atoms with Crippen molar-refractivity contribution in [3.05, 3.63) is 65.7 Å². The molecule has 2 atom stereocenters. The van der Waals surface area contributed by atoms with E-state index in [0.717, 1.165) is 38.0 Å². The summed E-state index contributed by atoms with van der Waals surface area (Å²) in [6.07, 6.45) is 13.9. The van der Waals surface area contributed by atoms with Crippen molar-refractivity contribution in [1.82, 2.24) is 0 Å². The minimum atomic E-state index is -0.632. The lowest BCUT2D eigenvalue weighted by Crippen LogP contribution is -2.53. The number of esters is 1. The minimum absolute atomic E-state index is 0.188. The maximum Gasteiger partial charge on any atom is 0.368 e. The van der Waals surface area contributed by atoms with Gasteiger partial charge in [0.05, 0.1) is 14.1 Å². The Hall–Kier alpha value is -2.33. The summed E-state index contributed by atoms with van der Waals surface area (Å²) >= 11 is 0. The maximum absolute atomic E-state index is 13.3. The fourth-order valence-electron chi connectivity index (χ4n) is 5.09. The van der Waals surface area contributed by atoms with E-state index in [1.54, 1.807) is 0 Å². The molecule has 4 heteroatoms. The van der Waals surface area contributed by atoms with Crippen LogP contribution in [0.2, 0.25) is 0 Å². The average Bonchev–Trinajstić information content (AvgIpc) is 2.87. The molecule has 0 aliphatic carbocycles. The summed E-state index contributed by atoms with van der Waals surface area (Å²) in [6, 6.07) is 18.3. The van der Waals surface area contributed by atoms with Gasteiger partial charge in [-0.2, -0.15) is 0 Å². The van der Waals surface area contributed by atoms with E-state index < -0.39 is 6.29 Å². The number of aryl methyl sites for hydroxylation is 1. The van der Waals surface area contributed by atoms with E-state index in [-0.39, 0.29) is 12.0 Å². The van der Waals surface area contributed by atoms with Gasteiger partial charge in [0.25, 0.3) is 0 Å². The first kappa shape index (κ1) is 30.9. The fraction of sp³-hybridized carbons (Fsp3) is 0.606. The molecule has 0 saturated heterocycles. The van der Waals surface area contributed by atoms with Crippen LogP contribution in [0.15, 0.2) is 54.6 Å². The van der Waals surface area contributed by atoms with Crippen molar-refractivity contribution in [2.24, 2.45) is 0 Å². The smallest absolute Gasteiger partial charge is 0.368 e. The van der Waals surface area contributed by atoms with Crippen LogP contribution in [0.3, 0.4) is 0 Å². The van der Waals surface area contributed by atoms with E-state index in [0.29, 0.717) is 4.48 Å². The summed E-state index contributed by atoms with van der Waals surface area (Å²) in [5.74, 6) is 0.638. The number of nitrogens with zero attached hydrogens (tertiary/aromatic N) is 1. The van der Waals surface area contributed by atoms with Crippen LogP contribution in [-0.2, 0) is 22.5 Å². The van der Waals surface area contributed by atoms with Crippen molar-refractivity contribution in [2.45, 2.75) is 117 Å². The SMILES string of the molecule is CCCCCCCCCCCc1ccccc1OC(C)OC(=O)C(CCC)[N+](C)(C)Cc1ccccc1. The van der Waals surface area contributed by atoms with Crippen LogP contribution in [0, 0.1) is 0 Å². The molecule has 0 aromatic heterocycles. The molecule has 2 aromatic carbocycles. The van der Waals surface area contributed by atoms with Gasteiger partial charge in [0.2, 0.25) is 6.29 Å². The molecule has 2 rings (SSSR count). The van der Waals surface area contributed by atoms with E-state index >= 15 is 0 Å². The summed E-state index contributed by atoms with van der Waals surface area (Å²) < 4.78 is 12.6. The number of benzene rings is 2. The number of unbranched alkanes of at least 4 members (excludes halogenated alkanes) is 8. The molecule has 37 heavy (non-hydrogen) atoms. The summed E-state index contributed by atoms with van der Waals surface area (Å²) in [6.45, 7) is 6.99. The Morgan fingerprint density at radius 1 is 0.784 bits per heavy atom. The highest BCUT2D eigenvalue weighted by molar-refractivity contribution is 5.74. The van der Waals surface area contributed by atoms with Crippen LogP contribution in [0.1, 0.15) is 103 Å². The Morgan fingerprint density at radius 3 is 2.03 bits per heavy atom. The lowest BCUT2D eigenvalue weighted by Gasteiger charge is -2.37. The zero-order valence-electron chi connectivity index (χ0n) is 24.2. The molecule has 4 nitrogen and oxygen atoms in total. The lowest BCUT2D eigenvalue weighted by atomic mass is 10.0. The predicted molar refractivity (Wildman–Crippen MR) is 155 cm³/mol. The number of para-hydroxylation sites is 1. The van der Waals surface area contributed by atoms with Crippen LogP contribution < -0.4 is 4.74 Å². The molecule has 0 heterocycles. The van der Waals surface area contributed by atoms with Crippen LogP contribution >= 0.6 is 0 Å². The van der Waals surface area contributed by atoms with Crippen LogP contribution in [0.25, 0.3) is 0 Å². The quantitative estimate of drug-likeness (QED) is 0.0823. The standard InChI is InChI=1S/C33H52NO3/c1-6-8-9-10-11-12-13-14-18-24-30-25-19-20-26-32(30)36-28(3)37-33(35)31(21-7-2)34(4,5)27-29-22-16-15-17-23-29/h15-17,19-20,22-23,25-26,28,31H,6-14,18,21,24,27H2,1-5H3/q+1. The van der Waals surface area contributed by atoms with Gasteiger partial charge >= 0.3 is 5.97 Å². The molecule has 2 aromatic rings. The van der Waals surface area contributed by atoms with Gasteiger partial charge in [0.15, 0.2) is 6.04 Å². The fourth-order valence-corrected chi connectivity index (χ4v) is 5.09. The number of rotatable bonds is 19. The molecule has 0 spiro atoms. The predicted octanol–water partition coefficient (Wildman–Crippen LogP) is 8.47. The number of ether oxygens (including phenoxy) is 2. The third-order valence-corrected chi connectivity index (χ3v) is 7.21. The molecular weight excluding hydrogens is 458 g/mol. The Labute approximate surface area is 227 Å². The number of carbonyl (C=O) groups is 1. The van der Waals surface area contributed by atoms with Crippen LogP contribution in [0.5, 0.6) is 5.75 Å². The molecule has 0 N–H and O–H groups in total. The van der Waals surface area contributed by atoms with Crippen molar-refractivity contribution in [3.63, 3.8) is 0 Å². The number of carbonyl (C=O) groups excluding carboxylic acids is 1. The van der Waals surface area contributed by atoms with Crippen molar-refractivity contribution >= 4 is 5.97 Å². The molecule has 0 aliphatic heterocycles. The molecule has 2 unspecified atom stereocenters. The van der Waals surface area contributed by atoms with Crippen molar-refractivity contribution in [3.8, 4) is 5.75 Å². The van der Waals surface area contributed by atoms with Crippen molar-refractivity contribution in [2.75, 3.05) is 14.1 Å². The highest BCUT2D eigenvalue weighted by Crippen LogP contribution is 2.24. The zero-order chi connectivity index (χ0) is 26.9. The molecule has 0 fully saturated rings. The monoisotopic (exact) mass is 510 g/mol. The number of likely N-dealkylation sites (N-methyl/N-ethyl adjacent to an activating group) is 1. The molecule has 0 aliphatic rings. The van der Waals surface area contributed by atoms with Gasteiger partial charge in [-0.05, 0) is 30.9 Å². The molecule has 0 radical (unpaired) electrons. The first-order valence-corrected chi connectivity index (χ1v) is 14.7. The number of hydrogen-bond acceptors (Lipinski definition) is 3. The summed E-state index contributed by atoms with van der Waals surface area (Å²) in [5, 5.41) is 0. The second kappa shape index (κ2) is 17.2. The van der Waals surface area contributed by atoms with E-state index in [2.05, 4.69) is 52.2 Å². The highest BCUT2D eigenvalue weighted by atomic mass is 16.7. The largest absolute Gasteiger partial charge is 0.455 e. The number of quaternary nitrogens is 1. The van der Waals surface area contributed by atoms with Gasteiger partial charge in [0, 0.05) is 18.9 Å². The summed E-state index contributed by atoms with van der Waals surface area (Å²) in [5.41, 5.74) is 2.41. The number of hydrogen-bond donors (Lipinski definition) is 0. The van der Waals surface area contributed by atoms with Crippen LogP contribution in [-0.4, -0.2) is 36.9 Å². The zero-order valence-corrected chi connectivity index (χ0v) is 24.2. The van der Waals surface area contributed by atoms with Gasteiger partial charge in [-0.15, -0.1) is 0 Å². The van der Waals surface area contributed by atoms with E-state index in [1.165, 1.54) is 62.5 Å². The Morgan fingerprint density at radius 2 is 1.38 bits per heavy atom. The Balaban J connectivity index is 1.86. The van der Waals surface area contributed by atoms with Crippen molar-refractivity contribution < 1.29 is 18.8 Å². The normalized spacial score (nSPS) is 13.2. The van der Waals surface area contributed by atoms with E-state index in [4.69, 9.17) is 9.47 Å². The lowest BCUT2D eigenvalue weighted by molar-refractivity contribution is -0.920. The van der Waals surface area contributed by atoms with Gasteiger partial charge < -0.3 is 14.0 Å². The second-order valence-corrected chi connectivity index (χ2v) is 11.0. The third kappa shape index (κ3) is 11.7. The maximum atomic E-state index is 13.3. The Bertz CT molecular complexity index is 880. The average molecular weight is 511 g/mol. The Kier molecular flexibility index (Phi) is 14.4. The molecule has 0 amide bonds. The minimum Gasteiger partial charge on any atom is -0.455 e. The van der Waals surface area contributed by atoms with E-state index in [9.17, 15) is 4.79 Å². The highest BCUT2D eigenvalue weighted by Gasteiger charge is 2.36. The molecular formula is C33H52NO3+. The van der Waals surface area contributed by atoms with Gasteiger partial charge in [-0.3, -0.25) is 0 Å². The summed E-state index contributed by atoms with van der Waals surface area (Å²) in [4.78, 5) is 13.3.